The highest BCUT2D eigenvalue weighted by Gasteiger charge is 2.24. The van der Waals surface area contributed by atoms with Crippen molar-refractivity contribution in [3.8, 4) is 0 Å². The van der Waals surface area contributed by atoms with Crippen LogP contribution in [0.1, 0.15) is 6.42 Å². The second kappa shape index (κ2) is 7.79. The van der Waals surface area contributed by atoms with E-state index in [9.17, 15) is 4.39 Å². The fraction of sp³-hybridized carbons (Fsp3) is 0.286. The minimum absolute atomic E-state index is 0.218. The summed E-state index contributed by atoms with van der Waals surface area (Å²) in [5.74, 6) is -0.405. The molecule has 0 bridgehead atoms. The van der Waals surface area contributed by atoms with E-state index >= 15 is 0 Å². The molecule has 9 heteroatoms. The van der Waals surface area contributed by atoms with Gasteiger partial charge in [-0.1, -0.05) is 0 Å². The third-order valence-corrected chi connectivity index (χ3v) is 6.89. The lowest BCUT2D eigenvalue weighted by molar-refractivity contribution is 0.315. The molecule has 1 saturated heterocycles. The SMILES string of the molecule is CN(C)C1CCN(c2cnc3ccc(Sc4nnc5c(F)cc(Br)cn45)cc3c2)C1. The molecule has 0 radical (unpaired) electrons. The highest BCUT2D eigenvalue weighted by Crippen LogP contribution is 2.32. The Morgan fingerprint density at radius 1 is 1.20 bits per heavy atom. The van der Waals surface area contributed by atoms with Gasteiger partial charge in [-0.3, -0.25) is 9.38 Å². The van der Waals surface area contributed by atoms with E-state index in [0.29, 0.717) is 15.7 Å². The van der Waals surface area contributed by atoms with E-state index in [1.54, 1.807) is 10.6 Å². The fourth-order valence-corrected chi connectivity index (χ4v) is 5.07. The van der Waals surface area contributed by atoms with Gasteiger partial charge in [-0.15, -0.1) is 10.2 Å². The summed E-state index contributed by atoms with van der Waals surface area (Å²) in [6.45, 7) is 2.05. The Kier molecular flexibility index (Phi) is 5.12. The van der Waals surface area contributed by atoms with E-state index in [1.807, 2.05) is 18.3 Å². The number of hydrogen-bond acceptors (Lipinski definition) is 6. The summed E-state index contributed by atoms with van der Waals surface area (Å²) in [5.41, 5.74) is 2.31. The minimum atomic E-state index is -0.405. The average molecular weight is 487 g/mol. The molecule has 0 saturated carbocycles. The first-order chi connectivity index (χ1) is 14.5. The van der Waals surface area contributed by atoms with Crippen LogP contribution >= 0.6 is 27.7 Å². The molecule has 1 atom stereocenters. The molecular weight excluding hydrogens is 467 g/mol. The molecule has 1 unspecified atom stereocenters. The Morgan fingerprint density at radius 2 is 2.07 bits per heavy atom. The predicted molar refractivity (Wildman–Crippen MR) is 121 cm³/mol. The summed E-state index contributed by atoms with van der Waals surface area (Å²) in [5, 5.41) is 9.83. The molecule has 154 valence electrons. The molecule has 5 rings (SSSR count). The summed E-state index contributed by atoms with van der Waals surface area (Å²) in [6, 6.07) is 10.3. The minimum Gasteiger partial charge on any atom is -0.369 e. The van der Waals surface area contributed by atoms with Crippen LogP contribution in [0.15, 0.2) is 57.3 Å². The number of anilines is 1. The summed E-state index contributed by atoms with van der Waals surface area (Å²) in [4.78, 5) is 10.3. The molecule has 1 aliphatic rings. The highest BCUT2D eigenvalue weighted by molar-refractivity contribution is 9.10. The maximum atomic E-state index is 14.1. The van der Waals surface area contributed by atoms with Crippen LogP contribution in [0.3, 0.4) is 0 Å². The molecule has 0 spiro atoms. The first-order valence-electron chi connectivity index (χ1n) is 9.67. The molecule has 0 amide bonds. The van der Waals surface area contributed by atoms with Crippen LogP contribution in [-0.2, 0) is 0 Å². The van der Waals surface area contributed by atoms with Gasteiger partial charge in [0.2, 0.25) is 5.16 Å². The smallest absolute Gasteiger partial charge is 0.200 e. The number of hydrogen-bond donors (Lipinski definition) is 0. The topological polar surface area (TPSA) is 49.6 Å². The van der Waals surface area contributed by atoms with Gasteiger partial charge < -0.3 is 9.80 Å². The number of nitrogens with zero attached hydrogens (tertiary/aromatic N) is 6. The molecular formula is C21H20BrFN6S. The normalized spacial score (nSPS) is 17.0. The van der Waals surface area contributed by atoms with Gasteiger partial charge in [-0.05, 0) is 78.5 Å². The van der Waals surface area contributed by atoms with Crippen LogP contribution in [-0.4, -0.2) is 57.7 Å². The maximum Gasteiger partial charge on any atom is 0.200 e. The maximum absolute atomic E-state index is 14.1. The van der Waals surface area contributed by atoms with Gasteiger partial charge in [0.1, 0.15) is 0 Å². The zero-order chi connectivity index (χ0) is 20.8. The monoisotopic (exact) mass is 486 g/mol. The van der Waals surface area contributed by atoms with E-state index in [2.05, 4.69) is 67.1 Å². The van der Waals surface area contributed by atoms with Crippen LogP contribution < -0.4 is 4.90 Å². The van der Waals surface area contributed by atoms with Crippen LogP contribution in [0.5, 0.6) is 0 Å². The molecule has 1 fully saturated rings. The van der Waals surface area contributed by atoms with Gasteiger partial charge in [0, 0.05) is 40.1 Å². The van der Waals surface area contributed by atoms with Crippen molar-refractivity contribution in [1.29, 1.82) is 0 Å². The summed E-state index contributed by atoms with van der Waals surface area (Å²) >= 11 is 4.78. The molecule has 4 heterocycles. The standard InChI is InChI=1S/C21H20BrFN6S/c1-27(2)15-5-6-28(12-15)16-7-13-8-17(3-4-19(13)24-10-16)30-21-26-25-20-18(23)9-14(22)11-29(20)21/h3-4,7-11,15H,5-6,12H2,1-2H3. The number of halogens is 2. The zero-order valence-corrected chi connectivity index (χ0v) is 19.0. The zero-order valence-electron chi connectivity index (χ0n) is 16.6. The van der Waals surface area contributed by atoms with Crippen molar-refractivity contribution in [1.82, 2.24) is 24.5 Å². The van der Waals surface area contributed by atoms with Crippen molar-refractivity contribution in [3.05, 3.63) is 53.0 Å². The molecule has 1 aliphatic heterocycles. The number of benzene rings is 1. The van der Waals surface area contributed by atoms with Crippen LogP contribution in [0.2, 0.25) is 0 Å². The lowest BCUT2D eigenvalue weighted by Crippen LogP contribution is -2.31. The second-order valence-corrected chi connectivity index (χ2v) is 9.64. The van der Waals surface area contributed by atoms with Crippen molar-refractivity contribution >= 4 is 49.9 Å². The van der Waals surface area contributed by atoms with Crippen LogP contribution in [0.4, 0.5) is 10.1 Å². The number of rotatable bonds is 4. The third-order valence-electron chi connectivity index (χ3n) is 5.50. The van der Waals surface area contributed by atoms with Crippen molar-refractivity contribution in [2.24, 2.45) is 0 Å². The van der Waals surface area contributed by atoms with E-state index < -0.39 is 5.82 Å². The van der Waals surface area contributed by atoms with Crippen molar-refractivity contribution in [2.45, 2.75) is 22.5 Å². The second-order valence-electron chi connectivity index (χ2n) is 7.68. The molecule has 0 aliphatic carbocycles. The Balaban J connectivity index is 1.45. The average Bonchev–Trinajstić information content (AvgIpc) is 3.36. The van der Waals surface area contributed by atoms with Gasteiger partial charge in [0.05, 0.1) is 17.4 Å². The number of aromatic nitrogens is 4. The van der Waals surface area contributed by atoms with Gasteiger partial charge in [0.15, 0.2) is 11.5 Å². The predicted octanol–water partition coefficient (Wildman–Crippen LogP) is 4.47. The van der Waals surface area contributed by atoms with E-state index in [-0.39, 0.29) is 5.65 Å². The van der Waals surface area contributed by atoms with E-state index in [0.717, 1.165) is 41.0 Å². The quantitative estimate of drug-likeness (QED) is 0.424. The van der Waals surface area contributed by atoms with Gasteiger partial charge in [-0.25, -0.2) is 4.39 Å². The molecule has 4 aromatic rings. The summed E-state index contributed by atoms with van der Waals surface area (Å²) < 4.78 is 16.4. The molecule has 3 aromatic heterocycles. The summed E-state index contributed by atoms with van der Waals surface area (Å²) in [7, 11) is 4.27. The molecule has 1 aromatic carbocycles. The lowest BCUT2D eigenvalue weighted by atomic mass is 10.2. The van der Waals surface area contributed by atoms with Gasteiger partial charge >= 0.3 is 0 Å². The largest absolute Gasteiger partial charge is 0.369 e. The van der Waals surface area contributed by atoms with Crippen molar-refractivity contribution in [3.63, 3.8) is 0 Å². The molecule has 30 heavy (non-hydrogen) atoms. The Morgan fingerprint density at radius 3 is 2.87 bits per heavy atom. The highest BCUT2D eigenvalue weighted by atomic mass is 79.9. The van der Waals surface area contributed by atoms with Crippen molar-refractivity contribution in [2.75, 3.05) is 32.1 Å². The first-order valence-corrected chi connectivity index (χ1v) is 11.3. The molecule has 6 nitrogen and oxygen atoms in total. The van der Waals surface area contributed by atoms with Crippen molar-refractivity contribution < 1.29 is 4.39 Å². The molecule has 0 N–H and O–H groups in total. The number of fused-ring (bicyclic) bond motifs is 2. The Bertz CT molecular complexity index is 1240. The Hall–Kier alpha value is -2.23. The number of pyridine rings is 2. The first kappa shape index (κ1) is 19.7. The van der Waals surface area contributed by atoms with E-state index in [1.165, 1.54) is 17.8 Å². The van der Waals surface area contributed by atoms with Crippen LogP contribution in [0, 0.1) is 5.82 Å². The van der Waals surface area contributed by atoms with Crippen LogP contribution in [0.25, 0.3) is 16.6 Å². The van der Waals surface area contributed by atoms with E-state index in [4.69, 9.17) is 0 Å². The lowest BCUT2D eigenvalue weighted by Gasteiger charge is -2.21. The Labute approximate surface area is 186 Å². The van der Waals surface area contributed by atoms with Gasteiger partial charge in [0.25, 0.3) is 0 Å². The third kappa shape index (κ3) is 3.66. The summed E-state index contributed by atoms with van der Waals surface area (Å²) in [6.07, 6.45) is 4.89. The number of likely N-dealkylation sites (N-methyl/N-ethyl adjacent to an activating group) is 1. The fourth-order valence-electron chi connectivity index (χ4n) is 3.81. The van der Waals surface area contributed by atoms with Gasteiger partial charge in [-0.2, -0.15) is 0 Å².